The number of thiophene rings is 1. The third-order valence-corrected chi connectivity index (χ3v) is 7.47. The van der Waals surface area contributed by atoms with Crippen molar-refractivity contribution in [3.8, 4) is 0 Å². The van der Waals surface area contributed by atoms with Gasteiger partial charge in [-0.15, -0.1) is 28.1 Å². The predicted molar refractivity (Wildman–Crippen MR) is 131 cm³/mol. The summed E-state index contributed by atoms with van der Waals surface area (Å²) >= 11 is 2.80. The topological polar surface area (TPSA) is 86.1 Å². The van der Waals surface area contributed by atoms with Crippen LogP contribution in [0, 0.1) is 0 Å². The van der Waals surface area contributed by atoms with E-state index in [9.17, 15) is 9.59 Å². The number of thioether (sulfide) groups is 1. The zero-order chi connectivity index (χ0) is 23.2. The van der Waals surface area contributed by atoms with Gasteiger partial charge in [-0.2, -0.15) is 0 Å². The summed E-state index contributed by atoms with van der Waals surface area (Å²) < 4.78 is 7.21. The Balaban J connectivity index is 1.44. The number of allylic oxidation sites excluding steroid dienone is 1. The Morgan fingerprint density at radius 1 is 1.27 bits per heavy atom. The van der Waals surface area contributed by atoms with Crippen molar-refractivity contribution in [1.29, 1.82) is 0 Å². The van der Waals surface area contributed by atoms with Gasteiger partial charge >= 0.3 is 5.97 Å². The molecule has 4 rings (SSSR count). The van der Waals surface area contributed by atoms with Crippen LogP contribution in [-0.4, -0.2) is 39.0 Å². The first-order valence-electron chi connectivity index (χ1n) is 10.9. The van der Waals surface area contributed by atoms with Gasteiger partial charge in [0.1, 0.15) is 10.8 Å². The Hall–Kier alpha value is -2.91. The van der Waals surface area contributed by atoms with E-state index in [0.29, 0.717) is 35.3 Å². The molecule has 9 heteroatoms. The zero-order valence-corrected chi connectivity index (χ0v) is 20.1. The maximum absolute atomic E-state index is 12.8. The molecule has 0 fully saturated rings. The van der Waals surface area contributed by atoms with Crippen molar-refractivity contribution in [2.24, 2.45) is 0 Å². The molecule has 0 spiro atoms. The number of nitrogens with one attached hydrogen (secondary N) is 1. The van der Waals surface area contributed by atoms with Crippen molar-refractivity contribution in [3.05, 3.63) is 70.4 Å². The second-order valence-electron chi connectivity index (χ2n) is 7.58. The van der Waals surface area contributed by atoms with E-state index in [0.717, 1.165) is 41.1 Å². The van der Waals surface area contributed by atoms with E-state index in [2.05, 4.69) is 22.1 Å². The molecule has 33 heavy (non-hydrogen) atoms. The second-order valence-corrected chi connectivity index (χ2v) is 9.63. The van der Waals surface area contributed by atoms with Crippen molar-refractivity contribution in [2.45, 2.75) is 44.3 Å². The SMILES string of the molecule is C=CCn1c(Cc2ccccc2)nnc1SCC(=O)Nc1sc2c(c1C(=O)OCC)CCC2. The van der Waals surface area contributed by atoms with Gasteiger partial charge in [0, 0.05) is 17.8 Å². The molecule has 0 saturated heterocycles. The maximum atomic E-state index is 12.8. The highest BCUT2D eigenvalue weighted by atomic mass is 32.2. The van der Waals surface area contributed by atoms with Gasteiger partial charge in [-0.25, -0.2) is 4.79 Å². The van der Waals surface area contributed by atoms with Gasteiger partial charge in [-0.1, -0.05) is 48.2 Å². The zero-order valence-electron chi connectivity index (χ0n) is 18.5. The molecule has 0 saturated carbocycles. The molecule has 2 aromatic heterocycles. The van der Waals surface area contributed by atoms with Crippen LogP contribution in [-0.2, 0) is 35.3 Å². The van der Waals surface area contributed by atoms with E-state index in [4.69, 9.17) is 4.74 Å². The lowest BCUT2D eigenvalue weighted by atomic mass is 10.1. The standard InChI is InChI=1S/C24H26N4O3S2/c1-3-13-28-19(14-16-9-6-5-7-10-16)26-27-24(28)32-15-20(29)25-22-21(23(30)31-4-2)17-11-8-12-18(17)33-22/h3,5-7,9-10H,1,4,8,11-15H2,2H3,(H,25,29). The molecule has 0 bridgehead atoms. The Labute approximate surface area is 201 Å². The number of fused-ring (bicyclic) bond motifs is 1. The summed E-state index contributed by atoms with van der Waals surface area (Å²) in [6, 6.07) is 10.1. The van der Waals surface area contributed by atoms with Crippen LogP contribution in [0.4, 0.5) is 5.00 Å². The lowest BCUT2D eigenvalue weighted by Crippen LogP contribution is -2.17. The summed E-state index contributed by atoms with van der Waals surface area (Å²) in [6.45, 7) is 6.48. The minimum atomic E-state index is -0.365. The van der Waals surface area contributed by atoms with Crippen molar-refractivity contribution in [1.82, 2.24) is 14.8 Å². The number of ether oxygens (including phenoxy) is 1. The van der Waals surface area contributed by atoms with Gasteiger partial charge in [-0.05, 0) is 37.3 Å². The highest BCUT2D eigenvalue weighted by Gasteiger charge is 2.28. The van der Waals surface area contributed by atoms with Crippen molar-refractivity contribution >= 4 is 40.0 Å². The summed E-state index contributed by atoms with van der Waals surface area (Å²) in [4.78, 5) is 26.4. The third-order valence-electron chi connectivity index (χ3n) is 5.30. The number of nitrogens with zero attached hydrogens (tertiary/aromatic N) is 3. The number of hydrogen-bond donors (Lipinski definition) is 1. The summed E-state index contributed by atoms with van der Waals surface area (Å²) in [7, 11) is 0. The molecule has 1 N–H and O–H groups in total. The highest BCUT2D eigenvalue weighted by molar-refractivity contribution is 7.99. The molecule has 1 amide bonds. The van der Waals surface area contributed by atoms with Crippen LogP contribution in [0.25, 0.3) is 0 Å². The fraction of sp³-hybridized carbons (Fsp3) is 0.333. The minimum Gasteiger partial charge on any atom is -0.462 e. The summed E-state index contributed by atoms with van der Waals surface area (Å²) in [5.74, 6) is 0.425. The third kappa shape index (κ3) is 5.36. The average molecular weight is 483 g/mol. The van der Waals surface area contributed by atoms with Gasteiger partial charge in [0.25, 0.3) is 0 Å². The van der Waals surface area contributed by atoms with E-state index in [1.807, 2.05) is 34.9 Å². The number of aromatic nitrogens is 3. The van der Waals surface area contributed by atoms with Crippen LogP contribution >= 0.6 is 23.1 Å². The largest absolute Gasteiger partial charge is 0.462 e. The van der Waals surface area contributed by atoms with Crippen molar-refractivity contribution in [2.75, 3.05) is 17.7 Å². The van der Waals surface area contributed by atoms with Crippen LogP contribution < -0.4 is 5.32 Å². The van der Waals surface area contributed by atoms with Crippen LogP contribution in [0.5, 0.6) is 0 Å². The summed E-state index contributed by atoms with van der Waals surface area (Å²) in [6.07, 6.45) is 5.26. The smallest absolute Gasteiger partial charge is 0.341 e. The minimum absolute atomic E-state index is 0.158. The molecule has 172 valence electrons. The van der Waals surface area contributed by atoms with E-state index in [1.165, 1.54) is 23.1 Å². The molecule has 1 aliphatic rings. The Bertz CT molecular complexity index is 1150. The van der Waals surface area contributed by atoms with Gasteiger partial charge in [0.05, 0.1) is 17.9 Å². The molecule has 0 aliphatic heterocycles. The first-order valence-corrected chi connectivity index (χ1v) is 12.7. The van der Waals surface area contributed by atoms with Crippen LogP contribution in [0.2, 0.25) is 0 Å². The van der Waals surface area contributed by atoms with Crippen molar-refractivity contribution in [3.63, 3.8) is 0 Å². The molecule has 3 aromatic rings. The number of carbonyl (C=O) groups excluding carboxylic acids is 2. The highest BCUT2D eigenvalue weighted by Crippen LogP contribution is 2.39. The van der Waals surface area contributed by atoms with Crippen LogP contribution in [0.1, 0.15) is 45.5 Å². The fourth-order valence-electron chi connectivity index (χ4n) is 3.85. The second kappa shape index (κ2) is 10.8. The predicted octanol–water partition coefficient (Wildman–Crippen LogP) is 4.51. The van der Waals surface area contributed by atoms with Gasteiger partial charge in [-0.3, -0.25) is 4.79 Å². The van der Waals surface area contributed by atoms with Crippen molar-refractivity contribution < 1.29 is 14.3 Å². The lowest BCUT2D eigenvalue weighted by molar-refractivity contribution is -0.113. The van der Waals surface area contributed by atoms with E-state index < -0.39 is 0 Å². The number of rotatable bonds is 10. The monoisotopic (exact) mass is 482 g/mol. The van der Waals surface area contributed by atoms with Gasteiger partial charge < -0.3 is 14.6 Å². The van der Waals surface area contributed by atoms with E-state index >= 15 is 0 Å². The fourth-order valence-corrected chi connectivity index (χ4v) is 5.91. The molecule has 0 radical (unpaired) electrons. The lowest BCUT2D eigenvalue weighted by Gasteiger charge is -2.09. The molecule has 0 atom stereocenters. The number of aryl methyl sites for hydroxylation is 1. The molecular weight excluding hydrogens is 456 g/mol. The van der Waals surface area contributed by atoms with Gasteiger partial charge in [0.2, 0.25) is 5.91 Å². The van der Waals surface area contributed by atoms with E-state index in [1.54, 1.807) is 13.0 Å². The Morgan fingerprint density at radius 2 is 2.09 bits per heavy atom. The van der Waals surface area contributed by atoms with Gasteiger partial charge in [0.15, 0.2) is 5.16 Å². The van der Waals surface area contributed by atoms with Crippen LogP contribution in [0.3, 0.4) is 0 Å². The first kappa shape index (κ1) is 23.3. The molecule has 1 aromatic carbocycles. The molecule has 1 aliphatic carbocycles. The molecule has 0 unspecified atom stereocenters. The van der Waals surface area contributed by atoms with E-state index in [-0.39, 0.29) is 17.6 Å². The number of hydrogen-bond acceptors (Lipinski definition) is 7. The molecule has 7 nitrogen and oxygen atoms in total. The maximum Gasteiger partial charge on any atom is 0.341 e. The Kier molecular flexibility index (Phi) is 7.61. The number of amides is 1. The number of benzene rings is 1. The quantitative estimate of drug-likeness (QED) is 0.260. The summed E-state index contributed by atoms with van der Waals surface area (Å²) in [5.41, 5.74) is 2.69. The normalized spacial score (nSPS) is 12.4. The number of carbonyl (C=O) groups is 2. The molecule has 2 heterocycles. The van der Waals surface area contributed by atoms with Crippen LogP contribution in [0.15, 0.2) is 48.1 Å². The number of anilines is 1. The first-order chi connectivity index (χ1) is 16.1. The summed E-state index contributed by atoms with van der Waals surface area (Å²) in [5, 5.41) is 12.8. The Morgan fingerprint density at radius 3 is 2.85 bits per heavy atom. The average Bonchev–Trinajstić information content (AvgIpc) is 3.49. The molecular formula is C24H26N4O3S2. The number of esters is 1.